The number of aromatic nitrogens is 4. The topological polar surface area (TPSA) is 54.0 Å². The zero-order chi connectivity index (χ0) is 33.9. The fraction of sp³-hybridized carbons (Fsp3) is 0.217. The molecule has 4 aromatic carbocycles. The van der Waals surface area contributed by atoms with Crippen molar-refractivity contribution in [2.75, 3.05) is 0 Å². The van der Waals surface area contributed by atoms with Crippen LogP contribution in [-0.4, -0.2) is 9.97 Å². The van der Waals surface area contributed by atoms with Crippen LogP contribution in [0.25, 0.3) is 88.0 Å². The predicted octanol–water partition coefficient (Wildman–Crippen LogP) is 12.1. The van der Waals surface area contributed by atoms with Crippen LogP contribution >= 0.6 is 0 Å². The molecule has 0 radical (unpaired) electrons. The molecule has 0 fully saturated rings. The summed E-state index contributed by atoms with van der Waals surface area (Å²) in [6, 6.07) is 35.0. The Morgan fingerprint density at radius 2 is 1.18 bits per heavy atom. The molecule has 0 spiro atoms. The average Bonchev–Trinajstić information content (AvgIpc) is 3.84. The molecule has 0 aliphatic carbocycles. The Kier molecular flexibility index (Phi) is 8.72. The zero-order valence-corrected chi connectivity index (χ0v) is 32.9. The Morgan fingerprint density at radius 1 is 0.549 bits per heavy atom. The predicted molar refractivity (Wildman–Crippen MR) is 211 cm³/mol. The monoisotopic (exact) mass is 712 g/mol. The van der Waals surface area contributed by atoms with Crippen molar-refractivity contribution < 1.29 is 19.5 Å². The number of benzene rings is 4. The molecule has 5 heterocycles. The maximum absolute atomic E-state index is 5.41. The molecular formula is C46H40N4Zn. The molecule has 8 bridgehead atoms. The molecule has 2 aliphatic heterocycles. The molecule has 0 saturated carbocycles. The van der Waals surface area contributed by atoms with Gasteiger partial charge in [0.1, 0.15) is 0 Å². The molecule has 0 unspecified atom stereocenters. The minimum Gasteiger partial charge on any atom is -0.657 e. The molecule has 4 nitrogen and oxygen atoms in total. The summed E-state index contributed by atoms with van der Waals surface area (Å²) >= 11 is 0. The summed E-state index contributed by atoms with van der Waals surface area (Å²) in [6.45, 7) is 8.98. The van der Waals surface area contributed by atoms with Crippen LogP contribution in [0.5, 0.6) is 0 Å². The van der Waals surface area contributed by atoms with E-state index in [-0.39, 0.29) is 19.5 Å². The third kappa shape index (κ3) is 5.54. The van der Waals surface area contributed by atoms with Crippen LogP contribution in [0.3, 0.4) is 0 Å². The van der Waals surface area contributed by atoms with E-state index < -0.39 is 0 Å². The molecular weight excluding hydrogens is 674 g/mol. The Morgan fingerprint density at radius 3 is 1.98 bits per heavy atom. The van der Waals surface area contributed by atoms with Crippen molar-refractivity contribution in [3.8, 4) is 22.5 Å². The Labute approximate surface area is 311 Å². The first-order valence-corrected chi connectivity index (χ1v) is 18.2. The average molecular weight is 714 g/mol. The van der Waals surface area contributed by atoms with Gasteiger partial charge in [-0.15, -0.1) is 22.1 Å². The van der Waals surface area contributed by atoms with Gasteiger partial charge in [0.15, 0.2) is 0 Å². The van der Waals surface area contributed by atoms with E-state index in [1.807, 2.05) is 0 Å². The summed E-state index contributed by atoms with van der Waals surface area (Å²) in [5.41, 5.74) is 15.2. The van der Waals surface area contributed by atoms with Crippen molar-refractivity contribution in [2.45, 2.75) is 66.2 Å². The van der Waals surface area contributed by atoms with Gasteiger partial charge in [-0.25, -0.2) is 9.97 Å². The van der Waals surface area contributed by atoms with E-state index in [1.54, 1.807) is 0 Å². The number of rotatable bonds is 6. The first-order chi connectivity index (χ1) is 24.5. The number of unbranched alkanes of at least 4 members (excludes halogenated alkanes) is 2. The van der Waals surface area contributed by atoms with Gasteiger partial charge < -0.3 is 9.97 Å². The summed E-state index contributed by atoms with van der Waals surface area (Å²) < 4.78 is 0. The maximum Gasteiger partial charge on any atom is 2.00 e. The van der Waals surface area contributed by atoms with E-state index in [2.05, 4.69) is 125 Å². The number of hydrogen-bond acceptors (Lipinski definition) is 2. The van der Waals surface area contributed by atoms with Crippen LogP contribution < -0.4 is 9.97 Å². The third-order valence-corrected chi connectivity index (χ3v) is 10.8. The van der Waals surface area contributed by atoms with Crippen LogP contribution in [0.2, 0.25) is 0 Å². The molecule has 0 atom stereocenters. The van der Waals surface area contributed by atoms with E-state index in [0.717, 1.165) is 105 Å². The first kappa shape index (κ1) is 33.3. The second-order valence-corrected chi connectivity index (χ2v) is 13.9. The summed E-state index contributed by atoms with van der Waals surface area (Å²) in [5, 5.41) is 7.08. The fourth-order valence-electron chi connectivity index (χ4n) is 8.07. The Balaban J connectivity index is 0.00000374. The molecule has 2 aliphatic rings. The summed E-state index contributed by atoms with van der Waals surface area (Å²) in [6.07, 6.45) is 6.51. The minimum absolute atomic E-state index is 0. The number of fused-ring (bicyclic) bond motifs is 18. The van der Waals surface area contributed by atoms with Crippen LogP contribution in [0.15, 0.2) is 97.1 Å². The van der Waals surface area contributed by atoms with Gasteiger partial charge in [0.2, 0.25) is 0 Å². The number of aryl methyl sites for hydroxylation is 2. The van der Waals surface area contributed by atoms with Gasteiger partial charge >= 0.3 is 19.5 Å². The zero-order valence-electron chi connectivity index (χ0n) is 30.0. The molecule has 9 rings (SSSR count). The van der Waals surface area contributed by atoms with Crippen LogP contribution in [-0.2, 0) is 25.9 Å². The number of hydrogen-bond donors (Lipinski definition) is 0. The third-order valence-electron chi connectivity index (χ3n) is 10.8. The summed E-state index contributed by atoms with van der Waals surface area (Å²) in [5.74, 6) is 0. The molecule has 0 N–H and O–H groups in total. The second kappa shape index (κ2) is 13.4. The van der Waals surface area contributed by atoms with Crippen molar-refractivity contribution in [1.82, 2.24) is 19.9 Å². The standard InChI is InChI=1S/C46H40N4.Zn/c1-5-7-15-31-27(3)37-23-41-35-21-19-29-13-9-11-17-33(29)45(35)43(49-41)26-44-46-34-18-12-10-14-30(34)20-22-36(46)42(50-44)24-38-28(4)32(16-8-6-2)40(48-38)25-39(31)47-37;/h9-14,17-26H,5-8,15-16H2,1-4H3;/q-2;+2. The van der Waals surface area contributed by atoms with Crippen LogP contribution in [0.1, 0.15) is 75.4 Å². The van der Waals surface area contributed by atoms with Crippen molar-refractivity contribution in [1.29, 1.82) is 0 Å². The quantitative estimate of drug-likeness (QED) is 0.161. The summed E-state index contributed by atoms with van der Waals surface area (Å²) in [4.78, 5) is 21.5. The summed E-state index contributed by atoms with van der Waals surface area (Å²) in [7, 11) is 0. The van der Waals surface area contributed by atoms with E-state index in [4.69, 9.17) is 19.9 Å². The van der Waals surface area contributed by atoms with Gasteiger partial charge in [-0.1, -0.05) is 129 Å². The van der Waals surface area contributed by atoms with Crippen molar-refractivity contribution in [3.63, 3.8) is 0 Å². The van der Waals surface area contributed by atoms with Crippen molar-refractivity contribution in [3.05, 3.63) is 120 Å². The van der Waals surface area contributed by atoms with Gasteiger partial charge in [0.25, 0.3) is 0 Å². The van der Waals surface area contributed by atoms with Crippen molar-refractivity contribution in [2.24, 2.45) is 0 Å². The van der Waals surface area contributed by atoms with Gasteiger partial charge in [0.05, 0.1) is 22.8 Å². The largest absolute Gasteiger partial charge is 2.00 e. The van der Waals surface area contributed by atoms with Crippen LogP contribution in [0.4, 0.5) is 0 Å². The minimum atomic E-state index is 0. The molecule has 7 aromatic rings. The van der Waals surface area contributed by atoms with Gasteiger partial charge in [-0.2, -0.15) is 0 Å². The number of allylic oxidation sites excluding steroid dienone is 2. The normalized spacial score (nSPS) is 12.5. The van der Waals surface area contributed by atoms with Gasteiger partial charge in [-0.05, 0) is 89.1 Å². The molecule has 246 valence electrons. The molecule has 3 aromatic heterocycles. The Bertz CT molecular complexity index is 2710. The van der Waals surface area contributed by atoms with Gasteiger partial charge in [-0.3, -0.25) is 0 Å². The van der Waals surface area contributed by atoms with Crippen LogP contribution in [0, 0.1) is 6.92 Å². The van der Waals surface area contributed by atoms with E-state index >= 15 is 0 Å². The molecule has 51 heavy (non-hydrogen) atoms. The smallest absolute Gasteiger partial charge is 0.657 e. The maximum atomic E-state index is 5.41. The Hall–Kier alpha value is -4.86. The fourth-order valence-corrected chi connectivity index (χ4v) is 8.07. The van der Waals surface area contributed by atoms with E-state index in [0.29, 0.717) is 0 Å². The molecule has 0 amide bonds. The second-order valence-electron chi connectivity index (χ2n) is 13.9. The van der Waals surface area contributed by atoms with E-state index in [9.17, 15) is 0 Å². The number of nitrogens with zero attached hydrogens (tertiary/aromatic N) is 4. The van der Waals surface area contributed by atoms with Gasteiger partial charge in [0, 0.05) is 11.1 Å². The molecule has 0 saturated heterocycles. The first-order valence-electron chi connectivity index (χ1n) is 18.2. The van der Waals surface area contributed by atoms with E-state index in [1.165, 1.54) is 43.8 Å². The van der Waals surface area contributed by atoms with Crippen molar-refractivity contribution >= 4 is 65.5 Å². The SMILES string of the molecule is CCCCC1=C(C)c2cc3[n-]c(cc4nc(cc5[n-]c(cc1n2)c(CCCC)c5C)-c1ccc2ccccc2c1-4)c1c2ccccc2ccc31.[Zn+2]. The molecule has 5 heteroatoms.